The Morgan fingerprint density at radius 1 is 0.958 bits per heavy atom. The van der Waals surface area contributed by atoms with E-state index >= 15 is 0 Å². The van der Waals surface area contributed by atoms with Gasteiger partial charge in [0, 0.05) is 6.54 Å². The van der Waals surface area contributed by atoms with Crippen LogP contribution in [-0.4, -0.2) is 36.2 Å². The van der Waals surface area contributed by atoms with Crippen molar-refractivity contribution < 1.29 is 41.0 Å². The molecule has 11 heteroatoms. The second-order valence-electron chi connectivity index (χ2n) is 4.64. The van der Waals surface area contributed by atoms with Crippen LogP contribution in [0.3, 0.4) is 0 Å². The van der Waals surface area contributed by atoms with E-state index in [9.17, 15) is 41.0 Å². The van der Waals surface area contributed by atoms with Crippen LogP contribution < -0.4 is 10.6 Å². The van der Waals surface area contributed by atoms with Gasteiger partial charge < -0.3 is 15.7 Å². The molecule has 1 aromatic carbocycles. The number of nitrogens with one attached hydrogen (secondary N) is 2. The molecule has 3 N–H and O–H groups in total. The van der Waals surface area contributed by atoms with Crippen molar-refractivity contribution in [2.45, 2.75) is 18.5 Å². The van der Waals surface area contributed by atoms with Gasteiger partial charge in [-0.1, -0.05) is 12.1 Å². The van der Waals surface area contributed by atoms with Crippen LogP contribution >= 0.6 is 0 Å². The average molecular weight is 358 g/mol. The molecule has 0 saturated carbocycles. The van der Waals surface area contributed by atoms with Crippen LogP contribution in [0.15, 0.2) is 24.3 Å². The predicted molar refractivity (Wildman–Crippen MR) is 68.5 cm³/mol. The summed E-state index contributed by atoms with van der Waals surface area (Å²) in [5.74, 6) is -2.96. The molecule has 0 radical (unpaired) electrons. The van der Waals surface area contributed by atoms with E-state index in [1.807, 2.05) is 5.32 Å². The molecule has 24 heavy (non-hydrogen) atoms. The van der Waals surface area contributed by atoms with Crippen molar-refractivity contribution in [1.29, 1.82) is 0 Å². The second-order valence-corrected chi connectivity index (χ2v) is 4.64. The highest BCUT2D eigenvalue weighted by Crippen LogP contribution is 2.29. The molecule has 0 spiro atoms. The molecule has 0 fully saturated rings. The van der Waals surface area contributed by atoms with Crippen molar-refractivity contribution in [2.75, 3.05) is 13.1 Å². The number of rotatable bonds is 4. The number of hydrogen-bond acceptors (Lipinski definition) is 3. The number of carbonyl (C=O) groups excluding carboxylic acids is 2. The average Bonchev–Trinajstić information content (AvgIpc) is 2.48. The molecule has 1 atom stereocenters. The summed E-state index contributed by atoms with van der Waals surface area (Å²) in [6.07, 6.45) is -10.7. The molecule has 1 unspecified atom stereocenters. The number of benzene rings is 1. The van der Waals surface area contributed by atoms with Gasteiger partial charge in [-0.25, -0.2) is 0 Å². The maximum absolute atomic E-state index is 12.4. The van der Waals surface area contributed by atoms with Gasteiger partial charge in [0.25, 0.3) is 0 Å². The fraction of sp³-hybridized carbons (Fsp3) is 0.385. The summed E-state index contributed by atoms with van der Waals surface area (Å²) in [6, 6.07) is 3.39. The monoisotopic (exact) mass is 358 g/mol. The lowest BCUT2D eigenvalue weighted by Crippen LogP contribution is -2.44. The minimum atomic E-state index is -4.68. The Morgan fingerprint density at radius 3 is 1.92 bits per heavy atom. The van der Waals surface area contributed by atoms with Gasteiger partial charge in [0.05, 0.1) is 11.7 Å². The fourth-order valence-corrected chi connectivity index (χ4v) is 1.54. The van der Waals surface area contributed by atoms with Crippen molar-refractivity contribution in [1.82, 2.24) is 10.6 Å². The van der Waals surface area contributed by atoms with E-state index in [1.165, 1.54) is 5.32 Å². The molecule has 1 aromatic rings. The summed E-state index contributed by atoms with van der Waals surface area (Å²) in [6.45, 7) is -2.26. The highest BCUT2D eigenvalue weighted by Gasteiger charge is 2.30. The maximum Gasteiger partial charge on any atom is 0.416 e. The molecule has 0 aliphatic carbocycles. The van der Waals surface area contributed by atoms with E-state index in [2.05, 4.69) is 0 Å². The first-order valence-electron chi connectivity index (χ1n) is 6.38. The summed E-state index contributed by atoms with van der Waals surface area (Å²) < 4.78 is 72.7. The largest absolute Gasteiger partial charge is 0.416 e. The Morgan fingerprint density at radius 2 is 1.46 bits per heavy atom. The molecule has 2 amide bonds. The molecular weight excluding hydrogens is 346 g/mol. The van der Waals surface area contributed by atoms with E-state index in [4.69, 9.17) is 0 Å². The van der Waals surface area contributed by atoms with Crippen molar-refractivity contribution in [2.24, 2.45) is 0 Å². The van der Waals surface area contributed by atoms with Crippen molar-refractivity contribution in [3.63, 3.8) is 0 Å². The first-order chi connectivity index (χ1) is 10.9. The lowest BCUT2D eigenvalue weighted by Gasteiger charge is -2.14. The van der Waals surface area contributed by atoms with E-state index < -0.39 is 48.9 Å². The SMILES string of the molecule is O=C(NCC(O)c1ccc(C(F)(F)F)cc1)C(=O)NCC(F)(F)F. The zero-order chi connectivity index (χ0) is 18.5. The lowest BCUT2D eigenvalue weighted by molar-refractivity contribution is -0.146. The van der Waals surface area contributed by atoms with Crippen LogP contribution in [0.4, 0.5) is 26.3 Å². The molecule has 0 heterocycles. The number of aliphatic hydroxyl groups excluding tert-OH is 1. The van der Waals surface area contributed by atoms with E-state index in [0.29, 0.717) is 0 Å². The fourth-order valence-electron chi connectivity index (χ4n) is 1.54. The van der Waals surface area contributed by atoms with Crippen LogP contribution in [0, 0.1) is 0 Å². The van der Waals surface area contributed by atoms with Gasteiger partial charge in [-0.3, -0.25) is 9.59 Å². The van der Waals surface area contributed by atoms with Gasteiger partial charge in [-0.15, -0.1) is 0 Å². The highest BCUT2D eigenvalue weighted by molar-refractivity contribution is 6.35. The standard InChI is InChI=1S/C13H12F6N2O3/c14-12(15,16)6-21-11(24)10(23)20-5-9(22)7-1-3-8(4-2-7)13(17,18)19/h1-4,9,22H,5-6H2,(H,20,23)(H,21,24). The van der Waals surface area contributed by atoms with E-state index in [-0.39, 0.29) is 5.56 Å². The highest BCUT2D eigenvalue weighted by atomic mass is 19.4. The third kappa shape index (κ3) is 6.44. The zero-order valence-electron chi connectivity index (χ0n) is 11.8. The third-order valence-electron chi connectivity index (χ3n) is 2.73. The molecule has 0 saturated heterocycles. The Balaban J connectivity index is 2.52. The van der Waals surface area contributed by atoms with Crippen molar-refractivity contribution in [3.8, 4) is 0 Å². The second kappa shape index (κ2) is 7.51. The van der Waals surface area contributed by atoms with Crippen LogP contribution in [0.2, 0.25) is 0 Å². The maximum atomic E-state index is 12.4. The van der Waals surface area contributed by atoms with Crippen LogP contribution in [0.25, 0.3) is 0 Å². The minimum Gasteiger partial charge on any atom is -0.387 e. The molecule has 0 aliphatic rings. The lowest BCUT2D eigenvalue weighted by atomic mass is 10.1. The smallest absolute Gasteiger partial charge is 0.387 e. The molecule has 5 nitrogen and oxygen atoms in total. The summed E-state index contributed by atoms with van der Waals surface area (Å²) in [7, 11) is 0. The van der Waals surface area contributed by atoms with Gasteiger partial charge >= 0.3 is 24.2 Å². The third-order valence-corrected chi connectivity index (χ3v) is 2.73. The summed E-state index contributed by atoms with van der Waals surface area (Å²) >= 11 is 0. The normalized spacial score (nSPS) is 13.3. The number of hydrogen-bond donors (Lipinski definition) is 3. The molecule has 134 valence electrons. The van der Waals surface area contributed by atoms with Gasteiger partial charge in [0.1, 0.15) is 6.54 Å². The quantitative estimate of drug-likeness (QED) is 0.564. The first kappa shape index (κ1) is 19.7. The van der Waals surface area contributed by atoms with Crippen LogP contribution in [0.1, 0.15) is 17.2 Å². The Kier molecular flexibility index (Phi) is 6.18. The predicted octanol–water partition coefficient (Wildman–Crippen LogP) is 1.53. The number of halogens is 6. The molecular formula is C13H12F6N2O3. The first-order valence-corrected chi connectivity index (χ1v) is 6.38. The van der Waals surface area contributed by atoms with Crippen LogP contribution in [0.5, 0.6) is 0 Å². The Labute approximate surface area is 131 Å². The summed E-state index contributed by atoms with van der Waals surface area (Å²) in [5, 5.41) is 12.9. The molecule has 1 rings (SSSR count). The zero-order valence-corrected chi connectivity index (χ0v) is 11.8. The van der Waals surface area contributed by atoms with E-state index in [0.717, 1.165) is 24.3 Å². The summed E-state index contributed by atoms with van der Waals surface area (Å²) in [4.78, 5) is 22.3. The topological polar surface area (TPSA) is 78.4 Å². The van der Waals surface area contributed by atoms with E-state index in [1.54, 1.807) is 0 Å². The van der Waals surface area contributed by atoms with Crippen molar-refractivity contribution in [3.05, 3.63) is 35.4 Å². The van der Waals surface area contributed by atoms with Gasteiger partial charge in [-0.05, 0) is 17.7 Å². The number of amides is 2. The molecule has 0 aromatic heterocycles. The molecule has 0 aliphatic heterocycles. The van der Waals surface area contributed by atoms with Gasteiger partial charge in [-0.2, -0.15) is 26.3 Å². The number of aliphatic hydroxyl groups is 1. The summed E-state index contributed by atoms with van der Waals surface area (Å²) in [5.41, 5.74) is -0.909. The van der Waals surface area contributed by atoms with Crippen molar-refractivity contribution >= 4 is 11.8 Å². The Hall–Kier alpha value is -2.30. The Bertz CT molecular complexity index is 583. The van der Waals surface area contributed by atoms with Gasteiger partial charge in [0.2, 0.25) is 0 Å². The van der Waals surface area contributed by atoms with Crippen LogP contribution in [-0.2, 0) is 15.8 Å². The minimum absolute atomic E-state index is 0.0269. The number of alkyl halides is 6. The number of carbonyl (C=O) groups is 2. The van der Waals surface area contributed by atoms with Gasteiger partial charge in [0.15, 0.2) is 0 Å². The molecule has 0 bridgehead atoms.